The highest BCUT2D eigenvalue weighted by Gasteiger charge is 2.20. The van der Waals surface area contributed by atoms with Gasteiger partial charge in [0.2, 0.25) is 5.82 Å². The zero-order chi connectivity index (χ0) is 18.5. The number of guanidine groups is 1. The van der Waals surface area contributed by atoms with Crippen LogP contribution in [0.3, 0.4) is 0 Å². The summed E-state index contributed by atoms with van der Waals surface area (Å²) in [5.41, 5.74) is 0. The van der Waals surface area contributed by atoms with E-state index in [4.69, 9.17) is 9.41 Å². The van der Waals surface area contributed by atoms with Gasteiger partial charge in [0.1, 0.15) is 12.4 Å². The van der Waals surface area contributed by atoms with Gasteiger partial charge >= 0.3 is 0 Å². The summed E-state index contributed by atoms with van der Waals surface area (Å²) in [5, 5.41) is 14.0. The van der Waals surface area contributed by atoms with Crippen molar-refractivity contribution < 1.29 is 4.42 Å². The highest BCUT2D eigenvalue weighted by Crippen LogP contribution is 2.22. The van der Waals surface area contributed by atoms with Crippen molar-refractivity contribution in [2.24, 2.45) is 4.99 Å². The number of aromatic amines is 1. The molecule has 3 aromatic heterocycles. The smallest absolute Gasteiger partial charge is 0.216 e. The second-order valence-corrected chi connectivity index (χ2v) is 7.10. The van der Waals surface area contributed by atoms with Crippen LogP contribution >= 0.6 is 35.3 Å². The van der Waals surface area contributed by atoms with Gasteiger partial charge in [-0.05, 0) is 36.6 Å². The third-order valence-electron chi connectivity index (χ3n) is 4.38. The van der Waals surface area contributed by atoms with Crippen LogP contribution in [0.15, 0.2) is 45.3 Å². The first-order chi connectivity index (χ1) is 13.3. The molecule has 0 saturated carbocycles. The van der Waals surface area contributed by atoms with Crippen LogP contribution < -0.4 is 10.2 Å². The highest BCUT2D eigenvalue weighted by molar-refractivity contribution is 14.0. The van der Waals surface area contributed by atoms with Crippen LogP contribution in [0, 0.1) is 0 Å². The van der Waals surface area contributed by atoms with E-state index < -0.39 is 0 Å². The molecule has 0 aliphatic carbocycles. The fraction of sp³-hybridized carbons (Fsp3) is 0.389. The molecule has 8 nitrogen and oxygen atoms in total. The maximum Gasteiger partial charge on any atom is 0.216 e. The Bertz CT molecular complexity index is 855. The van der Waals surface area contributed by atoms with E-state index in [9.17, 15) is 0 Å². The lowest BCUT2D eigenvalue weighted by molar-refractivity contribution is 0.373. The molecule has 4 rings (SSSR count). The summed E-state index contributed by atoms with van der Waals surface area (Å²) < 4.78 is 5.33. The molecule has 3 aromatic rings. The second kappa shape index (κ2) is 9.92. The minimum Gasteiger partial charge on any atom is -0.461 e. The van der Waals surface area contributed by atoms with E-state index in [1.807, 2.05) is 12.1 Å². The second-order valence-electron chi connectivity index (χ2n) is 6.18. The lowest BCUT2D eigenvalue weighted by atomic mass is 10.3. The van der Waals surface area contributed by atoms with Crippen molar-refractivity contribution in [3.8, 4) is 11.6 Å². The predicted molar refractivity (Wildman–Crippen MR) is 122 cm³/mol. The first-order valence-corrected chi connectivity index (χ1v) is 9.98. The SMILES string of the molecule is CCNC(=NCc1nc(-c2ccco2)n[nH]1)N1CCN(c2cccs2)CC1.I. The van der Waals surface area contributed by atoms with Crippen molar-refractivity contribution in [2.45, 2.75) is 13.5 Å². The molecule has 0 atom stereocenters. The molecule has 1 aliphatic rings. The van der Waals surface area contributed by atoms with Crippen molar-refractivity contribution in [1.82, 2.24) is 25.4 Å². The third kappa shape index (κ3) is 4.85. The number of thiophene rings is 1. The van der Waals surface area contributed by atoms with Crippen molar-refractivity contribution in [3.63, 3.8) is 0 Å². The molecule has 1 fully saturated rings. The van der Waals surface area contributed by atoms with Crippen molar-refractivity contribution in [2.75, 3.05) is 37.6 Å². The van der Waals surface area contributed by atoms with Crippen LogP contribution in [-0.4, -0.2) is 58.8 Å². The Balaban J connectivity index is 0.00000225. The molecule has 0 radical (unpaired) electrons. The van der Waals surface area contributed by atoms with Gasteiger partial charge in [0.25, 0.3) is 0 Å². The molecule has 4 heterocycles. The lowest BCUT2D eigenvalue weighted by Crippen LogP contribution is -2.52. The topological polar surface area (TPSA) is 85.6 Å². The van der Waals surface area contributed by atoms with E-state index >= 15 is 0 Å². The number of piperazine rings is 1. The molecule has 0 spiro atoms. The van der Waals surface area contributed by atoms with Crippen LogP contribution in [0.5, 0.6) is 0 Å². The molecule has 1 aliphatic heterocycles. The summed E-state index contributed by atoms with van der Waals surface area (Å²) in [6, 6.07) is 7.95. The number of rotatable bonds is 5. The van der Waals surface area contributed by atoms with E-state index in [0.29, 0.717) is 24.0 Å². The molecule has 0 unspecified atom stereocenters. The van der Waals surface area contributed by atoms with Gasteiger partial charge in [-0.3, -0.25) is 5.10 Å². The van der Waals surface area contributed by atoms with Gasteiger partial charge < -0.3 is 19.5 Å². The zero-order valence-corrected chi connectivity index (χ0v) is 18.8. The maximum atomic E-state index is 5.33. The Kier molecular flexibility index (Phi) is 7.31. The number of anilines is 1. The zero-order valence-electron chi connectivity index (χ0n) is 15.7. The van der Waals surface area contributed by atoms with Gasteiger partial charge in [0.05, 0.1) is 11.3 Å². The molecule has 150 valence electrons. The van der Waals surface area contributed by atoms with Gasteiger partial charge in [-0.2, -0.15) is 0 Å². The number of nitrogens with one attached hydrogen (secondary N) is 2. The highest BCUT2D eigenvalue weighted by atomic mass is 127. The molecule has 28 heavy (non-hydrogen) atoms. The normalized spacial score (nSPS) is 14.8. The Morgan fingerprint density at radius 3 is 2.82 bits per heavy atom. The minimum atomic E-state index is 0. The van der Waals surface area contributed by atoms with Gasteiger partial charge in [0.15, 0.2) is 11.7 Å². The molecule has 2 N–H and O–H groups in total. The summed E-state index contributed by atoms with van der Waals surface area (Å²) in [7, 11) is 0. The Labute approximate surface area is 185 Å². The third-order valence-corrected chi connectivity index (χ3v) is 5.31. The van der Waals surface area contributed by atoms with Crippen LogP contribution in [0.4, 0.5) is 5.00 Å². The summed E-state index contributed by atoms with van der Waals surface area (Å²) >= 11 is 1.79. The number of hydrogen-bond acceptors (Lipinski definition) is 6. The van der Waals surface area contributed by atoms with Crippen molar-refractivity contribution >= 4 is 46.3 Å². The first kappa shape index (κ1) is 20.6. The fourth-order valence-corrected chi connectivity index (χ4v) is 3.83. The van der Waals surface area contributed by atoms with Crippen LogP contribution in [0.2, 0.25) is 0 Å². The predicted octanol–water partition coefficient (Wildman–Crippen LogP) is 3.03. The largest absolute Gasteiger partial charge is 0.461 e. The maximum absolute atomic E-state index is 5.33. The summed E-state index contributed by atoms with van der Waals surface area (Å²) in [4.78, 5) is 13.9. The Morgan fingerprint density at radius 1 is 1.29 bits per heavy atom. The standard InChI is InChI=1S/C18H23N7OS.HI/c1-2-19-18(25-9-7-24(8-10-25)16-6-4-12-27-16)20-13-15-21-17(23-22-15)14-5-3-11-26-14;/h3-6,11-12H,2,7-10,13H2,1H3,(H,19,20)(H,21,22,23);1H. The number of aromatic nitrogens is 3. The average Bonchev–Trinajstić information content (AvgIpc) is 3.47. The summed E-state index contributed by atoms with van der Waals surface area (Å²) in [5.74, 6) is 2.84. The van der Waals surface area contributed by atoms with E-state index in [-0.39, 0.29) is 24.0 Å². The van der Waals surface area contributed by atoms with Crippen molar-refractivity contribution in [3.05, 3.63) is 41.7 Å². The number of halogens is 1. The van der Waals surface area contributed by atoms with E-state index in [1.54, 1.807) is 17.6 Å². The number of H-pyrrole nitrogens is 1. The minimum absolute atomic E-state index is 0. The number of nitrogens with zero attached hydrogens (tertiary/aromatic N) is 5. The molecule has 10 heteroatoms. The van der Waals surface area contributed by atoms with Gasteiger partial charge in [-0.25, -0.2) is 9.98 Å². The Hall–Kier alpha value is -2.08. The Morgan fingerprint density at radius 2 is 2.14 bits per heavy atom. The monoisotopic (exact) mass is 513 g/mol. The van der Waals surface area contributed by atoms with E-state index in [2.05, 4.69) is 54.7 Å². The molecule has 0 amide bonds. The number of hydrogen-bond donors (Lipinski definition) is 2. The first-order valence-electron chi connectivity index (χ1n) is 9.10. The molecule has 1 saturated heterocycles. The number of furan rings is 1. The molecular formula is C18H24IN7OS. The van der Waals surface area contributed by atoms with Crippen LogP contribution in [0.25, 0.3) is 11.6 Å². The van der Waals surface area contributed by atoms with Crippen LogP contribution in [0.1, 0.15) is 12.7 Å². The van der Waals surface area contributed by atoms with Crippen LogP contribution in [-0.2, 0) is 6.54 Å². The van der Waals surface area contributed by atoms with E-state index in [0.717, 1.165) is 38.7 Å². The lowest BCUT2D eigenvalue weighted by Gasteiger charge is -2.37. The molecular weight excluding hydrogens is 489 g/mol. The van der Waals surface area contributed by atoms with Crippen molar-refractivity contribution in [1.29, 1.82) is 0 Å². The molecule has 0 aromatic carbocycles. The average molecular weight is 513 g/mol. The fourth-order valence-electron chi connectivity index (χ4n) is 3.05. The quantitative estimate of drug-likeness (QED) is 0.310. The van der Waals surface area contributed by atoms with Gasteiger partial charge in [0, 0.05) is 32.7 Å². The number of aliphatic imine (C=N–C) groups is 1. The van der Waals surface area contributed by atoms with Gasteiger partial charge in [-0.15, -0.1) is 40.4 Å². The summed E-state index contributed by atoms with van der Waals surface area (Å²) in [6.07, 6.45) is 1.61. The van der Waals surface area contributed by atoms with E-state index in [1.165, 1.54) is 5.00 Å². The molecule has 0 bridgehead atoms. The summed E-state index contributed by atoms with van der Waals surface area (Å²) in [6.45, 7) is 7.24. The van der Waals surface area contributed by atoms with Gasteiger partial charge in [-0.1, -0.05) is 0 Å².